The Hall–Kier alpha value is -3.26. The number of benzene rings is 4. The van der Waals surface area contributed by atoms with Gasteiger partial charge >= 0.3 is 0 Å². The minimum atomic E-state index is 1.02. The minimum absolute atomic E-state index is 1.02. The molecule has 4 aromatic carbocycles. The van der Waals surface area contributed by atoms with Gasteiger partial charge in [-0.05, 0) is 35.0 Å². The van der Waals surface area contributed by atoms with E-state index in [1.54, 1.807) is 0 Å². The van der Waals surface area contributed by atoms with Crippen molar-refractivity contribution in [1.82, 2.24) is 0 Å². The quantitative estimate of drug-likeness (QED) is 0.399. The van der Waals surface area contributed by atoms with Crippen LogP contribution in [0.2, 0.25) is 0 Å². The van der Waals surface area contributed by atoms with Crippen molar-refractivity contribution in [3.63, 3.8) is 0 Å². The lowest BCUT2D eigenvalue weighted by molar-refractivity contribution is 1.35. The van der Waals surface area contributed by atoms with E-state index in [2.05, 4.69) is 66.7 Å². The molecular formula is C22H12N2. The second kappa shape index (κ2) is 4.18. The zero-order chi connectivity index (χ0) is 15.7. The number of rotatable bonds is 0. The summed E-state index contributed by atoms with van der Waals surface area (Å²) in [5.41, 5.74) is 4.54. The predicted octanol–water partition coefficient (Wildman–Crippen LogP) is 4.32. The SMILES string of the molecule is c1ccc2c(c1)=Nc1cc3c(cc1=2)-c1c(ccc2ccccc12)N=3. The lowest BCUT2D eigenvalue weighted by atomic mass is 9.97. The fraction of sp³-hybridized carbons (Fsp3) is 0. The van der Waals surface area contributed by atoms with E-state index in [9.17, 15) is 0 Å². The highest BCUT2D eigenvalue weighted by Gasteiger charge is 2.18. The Labute approximate surface area is 137 Å². The Morgan fingerprint density at radius 3 is 2.42 bits per heavy atom. The van der Waals surface area contributed by atoms with Gasteiger partial charge in [0.15, 0.2) is 0 Å². The largest absolute Gasteiger partial charge is 0.248 e. The Morgan fingerprint density at radius 2 is 1.42 bits per heavy atom. The number of para-hydroxylation sites is 1. The van der Waals surface area contributed by atoms with E-state index in [0.717, 1.165) is 22.1 Å². The van der Waals surface area contributed by atoms with E-state index in [0.29, 0.717) is 0 Å². The summed E-state index contributed by atoms with van der Waals surface area (Å²) in [4.78, 5) is 9.60. The van der Waals surface area contributed by atoms with Crippen LogP contribution in [0, 0.1) is 10.4 Å². The van der Waals surface area contributed by atoms with E-state index < -0.39 is 0 Å². The van der Waals surface area contributed by atoms with Crippen molar-refractivity contribution in [2.75, 3.05) is 0 Å². The van der Waals surface area contributed by atoms with Crippen LogP contribution in [0.5, 0.6) is 0 Å². The Kier molecular flexibility index (Phi) is 2.12. The van der Waals surface area contributed by atoms with E-state index in [1.165, 1.54) is 32.3 Å². The van der Waals surface area contributed by atoms with Crippen LogP contribution < -0.4 is 10.7 Å². The third kappa shape index (κ3) is 1.45. The predicted molar refractivity (Wildman–Crippen MR) is 95.1 cm³/mol. The molecule has 2 heterocycles. The molecule has 2 nitrogen and oxygen atoms in total. The van der Waals surface area contributed by atoms with Crippen molar-refractivity contribution in [2.24, 2.45) is 9.98 Å². The molecule has 0 saturated heterocycles. The summed E-state index contributed by atoms with van der Waals surface area (Å²) >= 11 is 0. The van der Waals surface area contributed by atoms with Gasteiger partial charge in [-0.2, -0.15) is 0 Å². The first-order valence-electron chi connectivity index (χ1n) is 8.11. The summed E-state index contributed by atoms with van der Waals surface area (Å²) in [5, 5.41) is 7.01. The number of hydrogen-bond donors (Lipinski definition) is 0. The van der Waals surface area contributed by atoms with Gasteiger partial charge in [0.25, 0.3) is 0 Å². The standard InChI is InChI=1S/C22H12N2/c1-2-6-14-13(5-1)9-10-19-22(14)17-11-16-15-7-3-4-8-18(15)23-20(16)12-21(17)24-19/h1-12H. The maximum atomic E-state index is 4.85. The van der Waals surface area contributed by atoms with Gasteiger partial charge < -0.3 is 0 Å². The van der Waals surface area contributed by atoms with Crippen molar-refractivity contribution in [3.8, 4) is 11.1 Å². The number of nitrogens with zero attached hydrogens (tertiary/aromatic N) is 2. The van der Waals surface area contributed by atoms with Crippen molar-refractivity contribution in [1.29, 1.82) is 0 Å². The van der Waals surface area contributed by atoms with Gasteiger partial charge in [-0.15, -0.1) is 0 Å². The molecule has 0 spiro atoms. The summed E-state index contributed by atoms with van der Waals surface area (Å²) in [6, 6.07) is 25.5. The topological polar surface area (TPSA) is 24.7 Å². The monoisotopic (exact) mass is 304 g/mol. The molecule has 0 fully saturated rings. The average Bonchev–Trinajstić information content (AvgIpc) is 3.17. The highest BCUT2D eigenvalue weighted by molar-refractivity contribution is 6.03. The zero-order valence-corrected chi connectivity index (χ0v) is 12.8. The molecule has 0 aliphatic carbocycles. The Morgan fingerprint density at radius 1 is 0.583 bits per heavy atom. The molecule has 0 saturated carbocycles. The van der Waals surface area contributed by atoms with Gasteiger partial charge in [0.05, 0.1) is 22.1 Å². The normalized spacial score (nSPS) is 12.8. The van der Waals surface area contributed by atoms with Gasteiger partial charge in [0.1, 0.15) is 0 Å². The highest BCUT2D eigenvalue weighted by Crippen LogP contribution is 2.39. The molecule has 2 aliphatic heterocycles. The zero-order valence-electron chi connectivity index (χ0n) is 12.8. The Balaban J connectivity index is 1.81. The van der Waals surface area contributed by atoms with Gasteiger partial charge in [0.2, 0.25) is 0 Å². The van der Waals surface area contributed by atoms with Crippen molar-refractivity contribution >= 4 is 22.1 Å². The van der Waals surface area contributed by atoms with E-state index in [1.807, 2.05) is 6.07 Å². The van der Waals surface area contributed by atoms with Crippen LogP contribution in [0.15, 0.2) is 82.8 Å². The minimum Gasteiger partial charge on any atom is -0.248 e. The molecule has 0 amide bonds. The maximum Gasteiger partial charge on any atom is 0.0738 e. The second-order valence-corrected chi connectivity index (χ2v) is 6.31. The van der Waals surface area contributed by atoms with Gasteiger partial charge in [0, 0.05) is 21.6 Å². The van der Waals surface area contributed by atoms with E-state index in [-0.39, 0.29) is 0 Å². The first-order chi connectivity index (χ1) is 11.9. The molecule has 2 heteroatoms. The Bertz CT molecular complexity index is 1400. The van der Waals surface area contributed by atoms with Crippen molar-refractivity contribution in [3.05, 3.63) is 93.9 Å². The van der Waals surface area contributed by atoms with Crippen LogP contribution in [0.1, 0.15) is 0 Å². The van der Waals surface area contributed by atoms with Gasteiger partial charge in [-0.25, -0.2) is 9.98 Å². The molecule has 0 bridgehead atoms. The van der Waals surface area contributed by atoms with Gasteiger partial charge in [-0.3, -0.25) is 0 Å². The first kappa shape index (κ1) is 12.2. The van der Waals surface area contributed by atoms with Crippen molar-refractivity contribution in [2.45, 2.75) is 0 Å². The third-order valence-corrected chi connectivity index (χ3v) is 4.97. The molecule has 2 aliphatic rings. The molecule has 4 aromatic rings. The van der Waals surface area contributed by atoms with Crippen molar-refractivity contribution < 1.29 is 0 Å². The average molecular weight is 304 g/mol. The summed E-state index contributed by atoms with van der Waals surface area (Å²) in [5.74, 6) is 0. The third-order valence-electron chi connectivity index (χ3n) is 4.97. The summed E-state index contributed by atoms with van der Waals surface area (Å²) in [6.07, 6.45) is 0. The summed E-state index contributed by atoms with van der Waals surface area (Å²) in [6.45, 7) is 0. The molecule has 110 valence electrons. The molecule has 24 heavy (non-hydrogen) atoms. The van der Waals surface area contributed by atoms with Crippen LogP contribution in [0.3, 0.4) is 0 Å². The highest BCUT2D eigenvalue weighted by atomic mass is 14.8. The molecule has 0 N–H and O–H groups in total. The second-order valence-electron chi connectivity index (χ2n) is 6.31. The first-order valence-corrected chi connectivity index (χ1v) is 8.11. The fourth-order valence-corrected chi connectivity index (χ4v) is 3.87. The molecule has 0 atom stereocenters. The van der Waals surface area contributed by atoms with Crippen LogP contribution >= 0.6 is 0 Å². The lowest BCUT2D eigenvalue weighted by Gasteiger charge is -2.05. The molecule has 0 radical (unpaired) electrons. The van der Waals surface area contributed by atoms with Crippen LogP contribution in [-0.2, 0) is 0 Å². The molecule has 0 unspecified atom stereocenters. The van der Waals surface area contributed by atoms with Gasteiger partial charge in [-0.1, -0.05) is 48.5 Å². The molecule has 6 rings (SSSR count). The van der Waals surface area contributed by atoms with Crippen LogP contribution in [0.4, 0.5) is 11.4 Å². The van der Waals surface area contributed by atoms with E-state index in [4.69, 9.17) is 9.98 Å². The maximum absolute atomic E-state index is 4.85. The van der Waals surface area contributed by atoms with Crippen LogP contribution in [-0.4, -0.2) is 0 Å². The molecule has 0 aromatic heterocycles. The number of hydrogen-bond acceptors (Lipinski definition) is 2. The molecular weight excluding hydrogens is 292 g/mol. The van der Waals surface area contributed by atoms with E-state index >= 15 is 0 Å². The number of fused-ring (bicyclic) bond motifs is 7. The summed E-state index contributed by atoms with van der Waals surface area (Å²) in [7, 11) is 0. The lowest BCUT2D eigenvalue weighted by Crippen LogP contribution is -1.99. The summed E-state index contributed by atoms with van der Waals surface area (Å²) < 4.78 is 0. The van der Waals surface area contributed by atoms with Crippen LogP contribution in [0.25, 0.3) is 21.9 Å². The fourth-order valence-electron chi connectivity index (χ4n) is 3.87. The smallest absolute Gasteiger partial charge is 0.0738 e.